The van der Waals surface area contributed by atoms with Crippen molar-refractivity contribution in [3.05, 3.63) is 34.9 Å². The summed E-state index contributed by atoms with van der Waals surface area (Å²) in [4.78, 5) is 18.8. The van der Waals surface area contributed by atoms with Crippen molar-refractivity contribution < 1.29 is 9.53 Å². The minimum Gasteiger partial charge on any atom is -0.466 e. The van der Waals surface area contributed by atoms with Crippen LogP contribution in [0.2, 0.25) is 5.02 Å². The number of hydrogen-bond donors (Lipinski definition) is 1. The first-order valence-electron chi connectivity index (χ1n) is 8.58. The first kappa shape index (κ1) is 18.6. The summed E-state index contributed by atoms with van der Waals surface area (Å²) < 4.78 is 5.13. The lowest BCUT2D eigenvalue weighted by atomic mass is 9.97. The minimum atomic E-state index is -0.0713. The number of nitrogens with zero attached hydrogens (tertiary/aromatic N) is 2. The van der Waals surface area contributed by atoms with Gasteiger partial charge in [0.1, 0.15) is 0 Å². The number of benzene rings is 1. The fourth-order valence-electron chi connectivity index (χ4n) is 2.81. The molecule has 2 rings (SSSR count). The Balaban J connectivity index is 1.95. The normalized spacial score (nSPS) is 16.1. The van der Waals surface area contributed by atoms with E-state index >= 15 is 0 Å². The van der Waals surface area contributed by atoms with Gasteiger partial charge in [-0.15, -0.1) is 0 Å². The number of nitrogens with one attached hydrogen (secondary N) is 1. The molecule has 0 aromatic heterocycles. The number of halogens is 1. The topological polar surface area (TPSA) is 53.9 Å². The Bertz CT molecular complexity index is 569. The Hall–Kier alpha value is -1.75. The molecule has 0 aliphatic carbocycles. The van der Waals surface area contributed by atoms with E-state index < -0.39 is 0 Å². The van der Waals surface area contributed by atoms with Crippen molar-refractivity contribution in [3.8, 4) is 0 Å². The maximum atomic E-state index is 11.8. The van der Waals surface area contributed by atoms with E-state index in [4.69, 9.17) is 21.3 Å². The summed E-state index contributed by atoms with van der Waals surface area (Å²) in [6.45, 7) is 7.37. The van der Waals surface area contributed by atoms with Crippen LogP contribution in [0.1, 0.15) is 32.3 Å². The monoisotopic (exact) mass is 351 g/mol. The van der Waals surface area contributed by atoms with E-state index in [0.29, 0.717) is 13.2 Å². The summed E-state index contributed by atoms with van der Waals surface area (Å²) in [7, 11) is 0. The van der Waals surface area contributed by atoms with Crippen LogP contribution in [0.25, 0.3) is 0 Å². The van der Waals surface area contributed by atoms with Gasteiger partial charge < -0.3 is 15.0 Å². The summed E-state index contributed by atoms with van der Waals surface area (Å²) in [6.07, 6.45) is 1.61. The van der Waals surface area contributed by atoms with Crippen molar-refractivity contribution >= 4 is 23.5 Å². The first-order valence-corrected chi connectivity index (χ1v) is 8.96. The second kappa shape index (κ2) is 9.52. The largest absolute Gasteiger partial charge is 0.466 e. The Morgan fingerprint density at radius 1 is 1.38 bits per heavy atom. The van der Waals surface area contributed by atoms with Crippen LogP contribution < -0.4 is 5.32 Å². The maximum Gasteiger partial charge on any atom is 0.309 e. The van der Waals surface area contributed by atoms with Crippen LogP contribution in [0.15, 0.2) is 29.3 Å². The van der Waals surface area contributed by atoms with Crippen LogP contribution in [-0.4, -0.2) is 43.1 Å². The molecule has 1 aromatic carbocycles. The number of rotatable bonds is 5. The predicted octanol–water partition coefficient (Wildman–Crippen LogP) is 3.08. The third kappa shape index (κ3) is 5.41. The molecule has 0 radical (unpaired) electrons. The lowest BCUT2D eigenvalue weighted by Crippen LogP contribution is -2.46. The molecule has 6 heteroatoms. The molecule has 1 heterocycles. The van der Waals surface area contributed by atoms with Crippen LogP contribution in [0, 0.1) is 5.92 Å². The highest BCUT2D eigenvalue weighted by atomic mass is 35.5. The number of ether oxygens (including phenoxy) is 1. The van der Waals surface area contributed by atoms with Gasteiger partial charge in [0.05, 0.1) is 19.1 Å². The molecule has 5 nitrogen and oxygen atoms in total. The number of piperidine rings is 1. The zero-order chi connectivity index (χ0) is 17.4. The van der Waals surface area contributed by atoms with E-state index in [-0.39, 0.29) is 11.9 Å². The summed E-state index contributed by atoms with van der Waals surface area (Å²) in [5.74, 6) is 0.829. The molecule has 0 atom stereocenters. The lowest BCUT2D eigenvalue weighted by Gasteiger charge is -2.33. The van der Waals surface area contributed by atoms with Crippen LogP contribution in [0.3, 0.4) is 0 Å². The zero-order valence-electron chi connectivity index (χ0n) is 14.4. The first-order chi connectivity index (χ1) is 11.6. The van der Waals surface area contributed by atoms with Gasteiger partial charge in [-0.1, -0.05) is 23.7 Å². The molecule has 0 spiro atoms. The van der Waals surface area contributed by atoms with Gasteiger partial charge in [0, 0.05) is 24.7 Å². The average molecular weight is 352 g/mol. The summed E-state index contributed by atoms with van der Waals surface area (Å²) in [5, 5.41) is 4.06. The lowest BCUT2D eigenvalue weighted by molar-refractivity contribution is -0.149. The Kier molecular flexibility index (Phi) is 7.37. The van der Waals surface area contributed by atoms with E-state index in [9.17, 15) is 4.79 Å². The van der Waals surface area contributed by atoms with Crippen molar-refractivity contribution in [3.63, 3.8) is 0 Å². The average Bonchev–Trinajstić information content (AvgIpc) is 2.59. The number of hydrogen-bond acceptors (Lipinski definition) is 3. The number of carbonyl (C=O) groups excluding carboxylic acids is 1. The van der Waals surface area contributed by atoms with Crippen molar-refractivity contribution in [1.82, 2.24) is 10.2 Å². The molecule has 24 heavy (non-hydrogen) atoms. The van der Waals surface area contributed by atoms with Gasteiger partial charge in [-0.25, -0.2) is 4.99 Å². The van der Waals surface area contributed by atoms with Crippen molar-refractivity contribution in [2.24, 2.45) is 10.9 Å². The molecule has 0 bridgehead atoms. The van der Waals surface area contributed by atoms with E-state index in [1.165, 1.54) is 0 Å². The van der Waals surface area contributed by atoms with Gasteiger partial charge in [-0.05, 0) is 44.4 Å². The zero-order valence-corrected chi connectivity index (χ0v) is 15.2. The van der Waals surface area contributed by atoms with E-state index in [1.54, 1.807) is 0 Å². The maximum absolute atomic E-state index is 11.8. The molecular formula is C18H26ClN3O2. The predicted molar refractivity (Wildman–Crippen MR) is 97.2 cm³/mol. The van der Waals surface area contributed by atoms with Gasteiger partial charge in [0.2, 0.25) is 0 Å². The van der Waals surface area contributed by atoms with E-state index in [2.05, 4.69) is 17.1 Å². The molecule has 132 valence electrons. The van der Waals surface area contributed by atoms with Crippen LogP contribution >= 0.6 is 11.6 Å². The smallest absolute Gasteiger partial charge is 0.309 e. The highest BCUT2D eigenvalue weighted by Crippen LogP contribution is 2.19. The molecular weight excluding hydrogens is 326 g/mol. The number of likely N-dealkylation sites (tertiary alicyclic amines) is 1. The van der Waals surface area contributed by atoms with Crippen molar-refractivity contribution in [1.29, 1.82) is 0 Å². The number of carbonyl (C=O) groups is 1. The molecule has 1 saturated heterocycles. The van der Waals surface area contributed by atoms with Crippen molar-refractivity contribution in [2.75, 3.05) is 26.2 Å². The third-order valence-electron chi connectivity index (χ3n) is 4.05. The SMILES string of the molecule is CCNC(=NCc1cccc(Cl)c1)N1CCC(C(=O)OCC)CC1. The molecule has 1 N–H and O–H groups in total. The molecule has 1 aliphatic heterocycles. The number of aliphatic imine (C=N–C) groups is 1. The standard InChI is InChI=1S/C18H26ClN3O2/c1-3-20-18(21-13-14-6-5-7-16(19)12-14)22-10-8-15(9-11-22)17(23)24-4-2/h5-7,12,15H,3-4,8-11,13H2,1-2H3,(H,20,21). The van der Waals surface area contributed by atoms with E-state index in [0.717, 1.165) is 49.0 Å². The fourth-order valence-corrected chi connectivity index (χ4v) is 3.03. The molecule has 1 aliphatic rings. The summed E-state index contributed by atoms with van der Waals surface area (Å²) in [5.41, 5.74) is 1.08. The Labute approximate surface area is 149 Å². The van der Waals surface area contributed by atoms with Crippen LogP contribution in [0.5, 0.6) is 0 Å². The van der Waals surface area contributed by atoms with Gasteiger partial charge in [0.25, 0.3) is 0 Å². The molecule has 1 aromatic rings. The minimum absolute atomic E-state index is 0.0111. The van der Waals surface area contributed by atoms with Gasteiger partial charge in [-0.3, -0.25) is 4.79 Å². The van der Waals surface area contributed by atoms with E-state index in [1.807, 2.05) is 31.2 Å². The second-order valence-electron chi connectivity index (χ2n) is 5.81. The van der Waals surface area contributed by atoms with Crippen LogP contribution in [-0.2, 0) is 16.1 Å². The highest BCUT2D eigenvalue weighted by Gasteiger charge is 2.27. The number of guanidine groups is 1. The van der Waals surface area contributed by atoms with Crippen molar-refractivity contribution in [2.45, 2.75) is 33.2 Å². The fraction of sp³-hybridized carbons (Fsp3) is 0.556. The van der Waals surface area contributed by atoms with Gasteiger partial charge >= 0.3 is 5.97 Å². The summed E-state index contributed by atoms with van der Waals surface area (Å²) in [6, 6.07) is 7.75. The number of esters is 1. The summed E-state index contributed by atoms with van der Waals surface area (Å²) >= 11 is 6.02. The quantitative estimate of drug-likeness (QED) is 0.503. The Morgan fingerprint density at radius 2 is 2.12 bits per heavy atom. The van der Waals surface area contributed by atoms with Crippen LogP contribution in [0.4, 0.5) is 0 Å². The van der Waals surface area contributed by atoms with Gasteiger partial charge in [-0.2, -0.15) is 0 Å². The third-order valence-corrected chi connectivity index (χ3v) is 4.28. The molecule has 1 fully saturated rings. The highest BCUT2D eigenvalue weighted by molar-refractivity contribution is 6.30. The second-order valence-corrected chi connectivity index (χ2v) is 6.25. The molecule has 0 amide bonds. The van der Waals surface area contributed by atoms with Gasteiger partial charge in [0.15, 0.2) is 5.96 Å². The Morgan fingerprint density at radius 3 is 2.75 bits per heavy atom. The molecule has 0 unspecified atom stereocenters. The molecule has 0 saturated carbocycles.